The summed E-state index contributed by atoms with van der Waals surface area (Å²) in [5.41, 5.74) is 3.83. The first-order valence-electron chi connectivity index (χ1n) is 11.6. The minimum Gasteiger partial charge on any atom is -0.480 e. The molecular formula is C26H37N3O3. The van der Waals surface area contributed by atoms with Gasteiger partial charge in [-0.3, -0.25) is 9.69 Å². The number of anilines is 1. The van der Waals surface area contributed by atoms with Gasteiger partial charge in [0.1, 0.15) is 6.04 Å². The molecule has 6 heteroatoms. The Bertz CT molecular complexity index is 852. The molecule has 1 unspecified atom stereocenters. The molecule has 0 fully saturated rings. The van der Waals surface area contributed by atoms with Crippen molar-refractivity contribution in [3.8, 4) is 11.1 Å². The zero-order valence-electron chi connectivity index (χ0n) is 19.6. The number of nitrogens with one attached hydrogen (secondary N) is 2. The standard InChI is InChI=1S/C26H37N3O3/c1-4-6-7-8-9-17-28-26(32)29(3)23-12-10-11-22(19-23)21-15-13-20(14-16-21)18-24(25(30)31)27-5-2/h10-16,19,24,27H,4-9,17-18H2,1-3H3,(H,28,32)(H,30,31). The SMILES string of the molecule is CCCCCCCNC(=O)N(C)c1cccc(-c2ccc(CC(NCC)C(=O)O)cc2)c1. The number of aliphatic carboxylic acids is 1. The zero-order valence-corrected chi connectivity index (χ0v) is 19.6. The molecule has 0 aliphatic rings. The number of hydrogen-bond acceptors (Lipinski definition) is 3. The molecule has 32 heavy (non-hydrogen) atoms. The fourth-order valence-electron chi connectivity index (χ4n) is 3.62. The minimum absolute atomic E-state index is 0.101. The maximum atomic E-state index is 12.5. The first kappa shape index (κ1) is 25.4. The molecular weight excluding hydrogens is 402 g/mol. The number of carboxylic acids is 1. The topological polar surface area (TPSA) is 81.7 Å². The molecule has 1 atom stereocenters. The van der Waals surface area contributed by atoms with Crippen LogP contribution in [-0.4, -0.2) is 43.3 Å². The van der Waals surface area contributed by atoms with Crippen LogP contribution in [0.4, 0.5) is 10.5 Å². The van der Waals surface area contributed by atoms with Gasteiger partial charge in [0.25, 0.3) is 0 Å². The summed E-state index contributed by atoms with van der Waals surface area (Å²) < 4.78 is 0. The maximum Gasteiger partial charge on any atom is 0.321 e. The van der Waals surface area contributed by atoms with Crippen LogP contribution >= 0.6 is 0 Å². The van der Waals surface area contributed by atoms with E-state index in [1.54, 1.807) is 11.9 Å². The summed E-state index contributed by atoms with van der Waals surface area (Å²) in [5.74, 6) is -0.842. The van der Waals surface area contributed by atoms with Crippen LogP contribution in [0.15, 0.2) is 48.5 Å². The van der Waals surface area contributed by atoms with Gasteiger partial charge in [0.2, 0.25) is 0 Å². The van der Waals surface area contributed by atoms with Crippen LogP contribution in [0, 0.1) is 0 Å². The van der Waals surface area contributed by atoms with E-state index in [1.807, 2.05) is 55.5 Å². The van der Waals surface area contributed by atoms with E-state index in [0.29, 0.717) is 19.5 Å². The number of amides is 2. The average molecular weight is 440 g/mol. The molecule has 0 aromatic heterocycles. The molecule has 174 valence electrons. The van der Waals surface area contributed by atoms with Gasteiger partial charge in [0.05, 0.1) is 0 Å². The quantitative estimate of drug-likeness (QED) is 0.380. The van der Waals surface area contributed by atoms with Crippen molar-refractivity contribution < 1.29 is 14.7 Å². The molecule has 2 rings (SSSR count). The lowest BCUT2D eigenvalue weighted by molar-refractivity contribution is -0.139. The molecule has 0 saturated heterocycles. The molecule has 0 heterocycles. The average Bonchev–Trinajstić information content (AvgIpc) is 2.81. The van der Waals surface area contributed by atoms with Crippen molar-refractivity contribution in [2.75, 3.05) is 25.0 Å². The Morgan fingerprint density at radius 1 is 0.969 bits per heavy atom. The third-order valence-corrected chi connectivity index (χ3v) is 5.57. The summed E-state index contributed by atoms with van der Waals surface area (Å²) in [5, 5.41) is 15.3. The number of benzene rings is 2. The number of nitrogens with zero attached hydrogens (tertiary/aromatic N) is 1. The van der Waals surface area contributed by atoms with Gasteiger partial charge in [0.15, 0.2) is 0 Å². The van der Waals surface area contributed by atoms with Gasteiger partial charge in [-0.25, -0.2) is 4.79 Å². The zero-order chi connectivity index (χ0) is 23.3. The van der Waals surface area contributed by atoms with Crippen LogP contribution in [0.3, 0.4) is 0 Å². The highest BCUT2D eigenvalue weighted by atomic mass is 16.4. The number of carbonyl (C=O) groups is 2. The van der Waals surface area contributed by atoms with E-state index in [-0.39, 0.29) is 6.03 Å². The van der Waals surface area contributed by atoms with E-state index in [2.05, 4.69) is 17.6 Å². The van der Waals surface area contributed by atoms with Gasteiger partial charge in [-0.15, -0.1) is 0 Å². The summed E-state index contributed by atoms with van der Waals surface area (Å²) in [4.78, 5) is 25.5. The van der Waals surface area contributed by atoms with Crippen LogP contribution in [0.1, 0.15) is 51.5 Å². The van der Waals surface area contributed by atoms with Crippen molar-refractivity contribution in [3.05, 3.63) is 54.1 Å². The molecule has 0 spiro atoms. The van der Waals surface area contributed by atoms with Crippen LogP contribution in [0.5, 0.6) is 0 Å². The second-order valence-corrected chi connectivity index (χ2v) is 8.11. The molecule has 0 radical (unpaired) electrons. The molecule has 2 aromatic carbocycles. The fraction of sp³-hybridized carbons (Fsp3) is 0.462. The van der Waals surface area contributed by atoms with Crippen molar-refractivity contribution in [1.82, 2.24) is 10.6 Å². The summed E-state index contributed by atoms with van der Waals surface area (Å²) in [7, 11) is 1.78. The Hall–Kier alpha value is -2.86. The van der Waals surface area contributed by atoms with Crippen molar-refractivity contribution in [3.63, 3.8) is 0 Å². The molecule has 0 aliphatic carbocycles. The van der Waals surface area contributed by atoms with E-state index in [1.165, 1.54) is 19.3 Å². The number of rotatable bonds is 13. The van der Waals surface area contributed by atoms with Crippen LogP contribution < -0.4 is 15.5 Å². The summed E-state index contributed by atoms with van der Waals surface area (Å²) >= 11 is 0. The van der Waals surface area contributed by atoms with E-state index in [0.717, 1.165) is 35.2 Å². The predicted octanol–water partition coefficient (Wildman–Crippen LogP) is 5.08. The minimum atomic E-state index is -0.842. The molecule has 2 aromatic rings. The Morgan fingerprint density at radius 2 is 1.69 bits per heavy atom. The highest BCUT2D eigenvalue weighted by Gasteiger charge is 2.16. The third-order valence-electron chi connectivity index (χ3n) is 5.57. The normalized spacial score (nSPS) is 11.7. The van der Waals surface area contributed by atoms with E-state index in [9.17, 15) is 14.7 Å². The molecule has 0 bridgehead atoms. The second kappa shape index (κ2) is 13.5. The lowest BCUT2D eigenvalue weighted by Crippen LogP contribution is -2.38. The van der Waals surface area contributed by atoms with Crippen molar-refractivity contribution in [1.29, 1.82) is 0 Å². The number of carboxylic acid groups (broad SMARTS) is 1. The number of hydrogen-bond donors (Lipinski definition) is 3. The summed E-state index contributed by atoms with van der Waals surface area (Å²) in [6.07, 6.45) is 6.26. The van der Waals surface area contributed by atoms with E-state index < -0.39 is 12.0 Å². The van der Waals surface area contributed by atoms with Crippen LogP contribution in [0.2, 0.25) is 0 Å². The Kier molecular flexibility index (Phi) is 10.7. The maximum absolute atomic E-state index is 12.5. The first-order valence-corrected chi connectivity index (χ1v) is 11.6. The highest BCUT2D eigenvalue weighted by molar-refractivity contribution is 5.92. The highest BCUT2D eigenvalue weighted by Crippen LogP contribution is 2.25. The van der Waals surface area contributed by atoms with Crippen LogP contribution in [0.25, 0.3) is 11.1 Å². The Labute approximate surface area is 192 Å². The van der Waals surface area contributed by atoms with Crippen molar-refractivity contribution in [2.45, 2.75) is 58.4 Å². The molecule has 3 N–H and O–H groups in total. The van der Waals surface area contributed by atoms with E-state index in [4.69, 9.17) is 0 Å². The van der Waals surface area contributed by atoms with Gasteiger partial charge >= 0.3 is 12.0 Å². The molecule has 0 saturated carbocycles. The Morgan fingerprint density at radius 3 is 2.34 bits per heavy atom. The lowest BCUT2D eigenvalue weighted by Gasteiger charge is -2.19. The summed E-state index contributed by atoms with van der Waals surface area (Å²) in [6, 6.07) is 15.1. The Balaban J connectivity index is 1.98. The first-order chi connectivity index (χ1) is 15.5. The second-order valence-electron chi connectivity index (χ2n) is 8.11. The monoisotopic (exact) mass is 439 g/mol. The third kappa shape index (κ3) is 8.00. The van der Waals surface area contributed by atoms with Crippen molar-refractivity contribution in [2.24, 2.45) is 0 Å². The molecule has 0 aliphatic heterocycles. The van der Waals surface area contributed by atoms with Gasteiger partial charge in [0, 0.05) is 19.3 Å². The number of unbranched alkanes of at least 4 members (excludes halogenated alkanes) is 4. The van der Waals surface area contributed by atoms with Crippen molar-refractivity contribution >= 4 is 17.7 Å². The predicted molar refractivity (Wildman–Crippen MR) is 131 cm³/mol. The van der Waals surface area contributed by atoms with Gasteiger partial charge in [-0.05, 0) is 48.2 Å². The van der Waals surface area contributed by atoms with Crippen LogP contribution in [-0.2, 0) is 11.2 Å². The lowest BCUT2D eigenvalue weighted by atomic mass is 10.00. The largest absolute Gasteiger partial charge is 0.480 e. The smallest absolute Gasteiger partial charge is 0.321 e. The number of carbonyl (C=O) groups excluding carboxylic acids is 1. The number of urea groups is 1. The molecule has 6 nitrogen and oxygen atoms in total. The molecule has 2 amide bonds. The van der Waals surface area contributed by atoms with Gasteiger partial charge in [-0.2, -0.15) is 0 Å². The fourth-order valence-corrected chi connectivity index (χ4v) is 3.62. The van der Waals surface area contributed by atoms with E-state index >= 15 is 0 Å². The van der Waals surface area contributed by atoms with Gasteiger partial charge < -0.3 is 15.7 Å². The van der Waals surface area contributed by atoms with Gasteiger partial charge in [-0.1, -0.05) is 75.9 Å². The summed E-state index contributed by atoms with van der Waals surface area (Å²) in [6.45, 7) is 5.40. The number of likely N-dealkylation sites (N-methyl/N-ethyl adjacent to an activating group) is 1.